The Hall–Kier alpha value is -0.410. The summed E-state index contributed by atoms with van der Waals surface area (Å²) in [7, 11) is 0. The molecule has 1 nitrogen and oxygen atoms in total. The first-order valence-electron chi connectivity index (χ1n) is 6.67. The molecule has 1 aromatic carbocycles. The molecule has 1 unspecified atom stereocenters. The third kappa shape index (κ3) is 2.48. The summed E-state index contributed by atoms with van der Waals surface area (Å²) in [5.74, 6) is 0.397. The second-order valence-corrected chi connectivity index (χ2v) is 6.73. The number of benzene rings is 1. The zero-order chi connectivity index (χ0) is 13.3. The van der Waals surface area contributed by atoms with Crippen LogP contribution in [-0.4, -0.2) is 6.04 Å². The van der Waals surface area contributed by atoms with E-state index in [4.69, 9.17) is 5.73 Å². The normalized spacial score (nSPS) is 19.7. The van der Waals surface area contributed by atoms with Crippen molar-refractivity contribution >= 4 is 15.9 Å². The van der Waals surface area contributed by atoms with E-state index in [-0.39, 0.29) is 17.3 Å². The maximum Gasteiger partial charge on any atom is 0.137 e. The average Bonchev–Trinajstić information content (AvgIpc) is 2.20. The molecule has 1 atom stereocenters. The Bertz CT molecular complexity index is 427. The molecule has 1 saturated carbocycles. The van der Waals surface area contributed by atoms with E-state index in [9.17, 15) is 4.39 Å². The van der Waals surface area contributed by atoms with Crippen molar-refractivity contribution in [1.29, 1.82) is 0 Å². The fraction of sp³-hybridized carbons (Fsp3) is 0.600. The molecule has 18 heavy (non-hydrogen) atoms. The molecule has 0 aliphatic heterocycles. The van der Waals surface area contributed by atoms with Gasteiger partial charge in [0.05, 0.1) is 4.47 Å². The highest BCUT2D eigenvalue weighted by molar-refractivity contribution is 9.10. The average molecular weight is 314 g/mol. The zero-order valence-corrected chi connectivity index (χ0v) is 12.6. The molecule has 0 saturated heterocycles. The predicted octanol–water partition coefficient (Wildman–Crippen LogP) is 4.38. The summed E-state index contributed by atoms with van der Waals surface area (Å²) in [5, 5.41) is 0. The van der Waals surface area contributed by atoms with Gasteiger partial charge in [-0.25, -0.2) is 4.39 Å². The van der Waals surface area contributed by atoms with Gasteiger partial charge < -0.3 is 5.73 Å². The Labute approximate surface area is 117 Å². The molecule has 2 N–H and O–H groups in total. The Morgan fingerprint density at radius 2 is 2.06 bits per heavy atom. The number of rotatable bonds is 4. The minimum Gasteiger partial charge on any atom is -0.327 e. The van der Waals surface area contributed by atoms with Crippen LogP contribution < -0.4 is 5.73 Å². The first kappa shape index (κ1) is 14.0. The van der Waals surface area contributed by atoms with E-state index in [0.29, 0.717) is 10.4 Å². The second-order valence-electron chi connectivity index (χ2n) is 5.87. The summed E-state index contributed by atoms with van der Waals surface area (Å²) < 4.78 is 14.2. The Balaban J connectivity index is 2.28. The van der Waals surface area contributed by atoms with Crippen LogP contribution >= 0.6 is 15.9 Å². The molecule has 0 heterocycles. The summed E-state index contributed by atoms with van der Waals surface area (Å²) in [5.41, 5.74) is 7.48. The predicted molar refractivity (Wildman–Crippen MR) is 77.1 cm³/mol. The molecule has 1 aliphatic rings. The van der Waals surface area contributed by atoms with Crippen LogP contribution in [0.25, 0.3) is 0 Å². The zero-order valence-electron chi connectivity index (χ0n) is 11.0. The van der Waals surface area contributed by atoms with Crippen LogP contribution in [0.2, 0.25) is 0 Å². The molecule has 0 amide bonds. The van der Waals surface area contributed by atoms with Gasteiger partial charge in [0.2, 0.25) is 0 Å². The number of halogens is 2. The summed E-state index contributed by atoms with van der Waals surface area (Å²) >= 11 is 3.21. The maximum atomic E-state index is 13.7. The monoisotopic (exact) mass is 313 g/mol. The van der Waals surface area contributed by atoms with Crippen LogP contribution in [0.4, 0.5) is 4.39 Å². The Morgan fingerprint density at radius 1 is 1.39 bits per heavy atom. The van der Waals surface area contributed by atoms with Gasteiger partial charge in [0.15, 0.2) is 0 Å². The SMILES string of the molecule is CC(C)CC(N)C1(c2ccc(Br)c(F)c2)CCC1. The van der Waals surface area contributed by atoms with Gasteiger partial charge in [-0.05, 0) is 58.8 Å². The Morgan fingerprint density at radius 3 is 2.50 bits per heavy atom. The molecule has 0 aromatic heterocycles. The molecule has 1 aromatic rings. The smallest absolute Gasteiger partial charge is 0.137 e. The second kappa shape index (κ2) is 5.30. The van der Waals surface area contributed by atoms with Gasteiger partial charge in [-0.2, -0.15) is 0 Å². The topological polar surface area (TPSA) is 26.0 Å². The molecule has 1 aliphatic carbocycles. The van der Waals surface area contributed by atoms with E-state index < -0.39 is 0 Å². The van der Waals surface area contributed by atoms with Crippen LogP contribution in [0.15, 0.2) is 22.7 Å². The molecule has 2 rings (SSSR count). The van der Waals surface area contributed by atoms with E-state index in [1.165, 1.54) is 6.42 Å². The van der Waals surface area contributed by atoms with Crippen molar-refractivity contribution in [2.75, 3.05) is 0 Å². The lowest BCUT2D eigenvalue weighted by atomic mass is 9.59. The van der Waals surface area contributed by atoms with E-state index in [1.54, 1.807) is 12.1 Å². The van der Waals surface area contributed by atoms with Gasteiger partial charge >= 0.3 is 0 Å². The van der Waals surface area contributed by atoms with Crippen molar-refractivity contribution in [3.63, 3.8) is 0 Å². The quantitative estimate of drug-likeness (QED) is 0.877. The van der Waals surface area contributed by atoms with Crippen LogP contribution in [-0.2, 0) is 5.41 Å². The fourth-order valence-corrected chi connectivity index (χ4v) is 3.22. The number of nitrogens with two attached hydrogens (primary N) is 1. The van der Waals surface area contributed by atoms with Crippen molar-refractivity contribution in [3.05, 3.63) is 34.1 Å². The minimum absolute atomic E-state index is 0.00576. The van der Waals surface area contributed by atoms with Crippen LogP contribution in [0.1, 0.15) is 45.1 Å². The lowest BCUT2D eigenvalue weighted by Gasteiger charge is -2.47. The summed E-state index contributed by atoms with van der Waals surface area (Å²) in [4.78, 5) is 0. The molecular weight excluding hydrogens is 293 g/mol. The third-order valence-electron chi connectivity index (χ3n) is 4.18. The van der Waals surface area contributed by atoms with Gasteiger partial charge in [-0.3, -0.25) is 0 Å². The highest BCUT2D eigenvalue weighted by atomic mass is 79.9. The largest absolute Gasteiger partial charge is 0.327 e. The van der Waals surface area contributed by atoms with Gasteiger partial charge in [-0.15, -0.1) is 0 Å². The van der Waals surface area contributed by atoms with Gasteiger partial charge in [0, 0.05) is 11.5 Å². The maximum absolute atomic E-state index is 13.7. The van der Waals surface area contributed by atoms with E-state index in [1.807, 2.05) is 6.07 Å². The first-order chi connectivity index (χ1) is 8.45. The standard InChI is InChI=1S/C15H21BrFN/c1-10(2)8-14(18)15(6-3-7-15)11-4-5-12(16)13(17)9-11/h4-5,9-10,14H,3,6-8,18H2,1-2H3. The molecular formula is C15H21BrFN. The highest BCUT2D eigenvalue weighted by Gasteiger charge is 2.44. The van der Waals surface area contributed by atoms with Crippen LogP contribution in [0, 0.1) is 11.7 Å². The van der Waals surface area contributed by atoms with Gasteiger partial charge in [0.25, 0.3) is 0 Å². The molecule has 0 bridgehead atoms. The van der Waals surface area contributed by atoms with Gasteiger partial charge in [-0.1, -0.05) is 26.3 Å². The van der Waals surface area contributed by atoms with Crippen molar-refractivity contribution < 1.29 is 4.39 Å². The molecule has 0 radical (unpaired) electrons. The van der Waals surface area contributed by atoms with E-state index in [2.05, 4.69) is 29.8 Å². The summed E-state index contributed by atoms with van der Waals surface area (Å²) in [6, 6.07) is 5.61. The summed E-state index contributed by atoms with van der Waals surface area (Å²) in [6.07, 6.45) is 4.37. The van der Waals surface area contributed by atoms with Crippen molar-refractivity contribution in [2.45, 2.75) is 51.0 Å². The molecule has 3 heteroatoms. The number of hydrogen-bond donors (Lipinski definition) is 1. The lowest BCUT2D eigenvalue weighted by Crippen LogP contribution is -2.51. The third-order valence-corrected chi connectivity index (χ3v) is 4.82. The van der Waals surface area contributed by atoms with Crippen molar-refractivity contribution in [3.8, 4) is 0 Å². The molecule has 100 valence electrons. The Kier molecular flexibility index (Phi) is 4.12. The molecule has 0 spiro atoms. The van der Waals surface area contributed by atoms with E-state index >= 15 is 0 Å². The fourth-order valence-electron chi connectivity index (χ4n) is 2.97. The molecule has 1 fully saturated rings. The summed E-state index contributed by atoms with van der Waals surface area (Å²) in [6.45, 7) is 4.38. The van der Waals surface area contributed by atoms with Gasteiger partial charge in [0.1, 0.15) is 5.82 Å². The highest BCUT2D eigenvalue weighted by Crippen LogP contribution is 2.47. The van der Waals surface area contributed by atoms with Crippen molar-refractivity contribution in [1.82, 2.24) is 0 Å². The van der Waals surface area contributed by atoms with E-state index in [0.717, 1.165) is 24.8 Å². The first-order valence-corrected chi connectivity index (χ1v) is 7.46. The number of hydrogen-bond acceptors (Lipinski definition) is 1. The lowest BCUT2D eigenvalue weighted by molar-refractivity contribution is 0.178. The van der Waals surface area contributed by atoms with Crippen LogP contribution in [0.3, 0.4) is 0 Å². The van der Waals surface area contributed by atoms with Crippen LogP contribution in [0.5, 0.6) is 0 Å². The van der Waals surface area contributed by atoms with Crippen molar-refractivity contribution in [2.24, 2.45) is 11.7 Å². The minimum atomic E-state index is -0.185.